The number of hydrogen-bond acceptors (Lipinski definition) is 3. The maximum Gasteiger partial charge on any atom is 0.389 e. The lowest BCUT2D eigenvalue weighted by molar-refractivity contribution is -0.143. The lowest BCUT2D eigenvalue weighted by atomic mass is 10.1. The molecule has 1 atom stereocenters. The molecule has 9 heteroatoms. The summed E-state index contributed by atoms with van der Waals surface area (Å²) in [7, 11) is 0. The van der Waals surface area contributed by atoms with Crippen molar-refractivity contribution in [3.63, 3.8) is 0 Å². The van der Waals surface area contributed by atoms with Crippen LogP contribution < -0.4 is 11.5 Å². The summed E-state index contributed by atoms with van der Waals surface area (Å²) in [6.45, 7) is 5.11. The van der Waals surface area contributed by atoms with E-state index in [9.17, 15) is 22.0 Å². The van der Waals surface area contributed by atoms with Crippen molar-refractivity contribution < 1.29 is 22.0 Å². The largest absolute Gasteiger partial charge is 0.404 e. The Kier molecular flexibility index (Phi) is 7.49. The third-order valence-corrected chi connectivity index (χ3v) is 4.74. The number of nitrogens with two attached hydrogens (primary N) is 2. The first-order valence-electron chi connectivity index (χ1n) is 9.76. The molecular formula is C21H27F5N4. The van der Waals surface area contributed by atoms with Crippen LogP contribution in [0.2, 0.25) is 0 Å². The van der Waals surface area contributed by atoms with Gasteiger partial charge in [0.1, 0.15) is 5.82 Å². The van der Waals surface area contributed by atoms with Crippen LogP contribution in [0.25, 0.3) is 16.6 Å². The van der Waals surface area contributed by atoms with Gasteiger partial charge in [0.15, 0.2) is 11.6 Å². The molecule has 4 nitrogen and oxygen atoms in total. The minimum atomic E-state index is -3.98. The maximum absolute atomic E-state index is 13.5. The first-order chi connectivity index (χ1) is 14.0. The first-order valence-corrected chi connectivity index (χ1v) is 9.76. The van der Waals surface area contributed by atoms with Gasteiger partial charge in [-0.3, -0.25) is 0 Å². The second-order valence-corrected chi connectivity index (χ2v) is 7.63. The van der Waals surface area contributed by atoms with Crippen LogP contribution in [-0.4, -0.2) is 15.7 Å². The van der Waals surface area contributed by atoms with Gasteiger partial charge >= 0.3 is 6.18 Å². The third kappa shape index (κ3) is 6.21. The van der Waals surface area contributed by atoms with Gasteiger partial charge in [0.05, 0.1) is 11.0 Å². The zero-order valence-electron chi connectivity index (χ0n) is 17.2. The third-order valence-electron chi connectivity index (χ3n) is 4.74. The number of aromatic nitrogens is 2. The Balaban J connectivity index is 0.000000303. The molecule has 3 rings (SSSR count). The average Bonchev–Trinajstić information content (AvgIpc) is 3.41. The smallest absolute Gasteiger partial charge is 0.389 e. The van der Waals surface area contributed by atoms with E-state index in [0.717, 1.165) is 18.9 Å². The van der Waals surface area contributed by atoms with Crippen molar-refractivity contribution in [1.82, 2.24) is 9.55 Å². The molecular weight excluding hydrogens is 403 g/mol. The fraction of sp³-hybridized carbons (Fsp3) is 0.476. The predicted octanol–water partition coefficient (Wildman–Crippen LogP) is 5.80. The highest BCUT2D eigenvalue weighted by atomic mass is 19.4. The standard InChI is InChI=1S/C15H16F2N4.C6H11F3/c1-8(19)4-9(7-18)15-20-13-5-11(16)12(17)6-14(13)21(15)10-2-3-10;1-3-5(2)4-6(7,8)9/h4-7,10H,2-3,18-19H2,1H3;5H,3-4H2,1-2H3/b8-4-,9-7+;. The topological polar surface area (TPSA) is 69.9 Å². The van der Waals surface area contributed by atoms with Gasteiger partial charge in [-0.15, -0.1) is 0 Å². The van der Waals surface area contributed by atoms with Crippen LogP contribution in [-0.2, 0) is 0 Å². The van der Waals surface area contributed by atoms with Crippen molar-refractivity contribution in [3.8, 4) is 0 Å². The van der Waals surface area contributed by atoms with Crippen molar-refractivity contribution in [3.05, 3.63) is 47.6 Å². The van der Waals surface area contributed by atoms with E-state index in [1.807, 2.05) is 4.57 Å². The molecule has 1 unspecified atom stereocenters. The Morgan fingerprint density at radius 3 is 2.30 bits per heavy atom. The van der Waals surface area contributed by atoms with Crippen molar-refractivity contribution in [2.24, 2.45) is 17.4 Å². The minimum absolute atomic E-state index is 0.231. The molecule has 0 saturated heterocycles. The van der Waals surface area contributed by atoms with Gasteiger partial charge in [-0.2, -0.15) is 13.2 Å². The molecule has 1 aromatic heterocycles. The summed E-state index contributed by atoms with van der Waals surface area (Å²) in [6, 6.07) is 2.55. The lowest BCUT2D eigenvalue weighted by Gasteiger charge is -2.10. The summed E-state index contributed by atoms with van der Waals surface area (Å²) in [5, 5.41) is 0. The summed E-state index contributed by atoms with van der Waals surface area (Å²) < 4.78 is 63.3. The molecule has 2 aromatic rings. The first kappa shape index (κ1) is 23.7. The molecule has 1 aromatic carbocycles. The Labute approximate surface area is 172 Å². The molecule has 0 amide bonds. The van der Waals surface area contributed by atoms with Crippen LogP contribution >= 0.6 is 0 Å². The second kappa shape index (κ2) is 9.49. The highest BCUT2D eigenvalue weighted by molar-refractivity contribution is 5.82. The van der Waals surface area contributed by atoms with Crippen molar-refractivity contribution in [1.29, 1.82) is 0 Å². The number of alkyl halides is 3. The normalized spacial score (nSPS) is 16.4. The summed E-state index contributed by atoms with van der Waals surface area (Å²) >= 11 is 0. The van der Waals surface area contributed by atoms with Gasteiger partial charge in [0.2, 0.25) is 0 Å². The van der Waals surface area contributed by atoms with Crippen molar-refractivity contribution in [2.45, 2.75) is 58.7 Å². The van der Waals surface area contributed by atoms with Crippen LogP contribution in [0.5, 0.6) is 0 Å². The summed E-state index contributed by atoms with van der Waals surface area (Å²) in [5.41, 5.74) is 13.6. The van der Waals surface area contributed by atoms with Crippen LogP contribution in [0.3, 0.4) is 0 Å². The molecule has 1 saturated carbocycles. The van der Waals surface area contributed by atoms with E-state index >= 15 is 0 Å². The minimum Gasteiger partial charge on any atom is -0.404 e. The molecule has 1 heterocycles. The van der Waals surface area contributed by atoms with E-state index in [2.05, 4.69) is 4.98 Å². The van der Waals surface area contributed by atoms with E-state index < -0.39 is 24.2 Å². The van der Waals surface area contributed by atoms with Gasteiger partial charge in [0, 0.05) is 42.1 Å². The number of hydrogen-bond donors (Lipinski definition) is 2. The molecule has 1 aliphatic rings. The van der Waals surface area contributed by atoms with Crippen LogP contribution in [0.15, 0.2) is 30.1 Å². The van der Waals surface area contributed by atoms with Crippen molar-refractivity contribution in [2.75, 3.05) is 0 Å². The van der Waals surface area contributed by atoms with Gasteiger partial charge in [-0.25, -0.2) is 13.8 Å². The molecule has 166 valence electrons. The summed E-state index contributed by atoms with van der Waals surface area (Å²) in [6.07, 6.45) is 1.05. The maximum atomic E-state index is 13.5. The molecule has 30 heavy (non-hydrogen) atoms. The van der Waals surface area contributed by atoms with Gasteiger partial charge in [-0.1, -0.05) is 20.3 Å². The van der Waals surface area contributed by atoms with E-state index in [4.69, 9.17) is 11.5 Å². The SMILES string of the molecule is C/C(N)=C/C(=C\N)c1nc2cc(F)c(F)cc2n1C1CC1.CCC(C)CC(F)(F)F. The Hall–Kier alpha value is -2.58. The number of imidazole rings is 1. The average molecular weight is 430 g/mol. The quantitative estimate of drug-likeness (QED) is 0.466. The van der Waals surface area contributed by atoms with Gasteiger partial charge < -0.3 is 16.0 Å². The van der Waals surface area contributed by atoms with Crippen molar-refractivity contribution >= 4 is 16.6 Å². The molecule has 4 N–H and O–H groups in total. The zero-order valence-corrected chi connectivity index (χ0v) is 17.2. The Bertz CT molecular complexity index is 935. The number of fused-ring (bicyclic) bond motifs is 1. The number of halogens is 5. The number of allylic oxidation sites excluding steroid dienone is 3. The van der Waals surface area contributed by atoms with E-state index in [-0.39, 0.29) is 12.0 Å². The molecule has 0 aliphatic heterocycles. The van der Waals surface area contributed by atoms with Crippen LogP contribution in [0.1, 0.15) is 58.3 Å². The molecule has 0 radical (unpaired) electrons. The fourth-order valence-corrected chi connectivity index (χ4v) is 2.97. The second-order valence-electron chi connectivity index (χ2n) is 7.63. The highest BCUT2D eigenvalue weighted by Gasteiger charge is 2.30. The number of rotatable bonds is 5. The molecule has 0 bridgehead atoms. The molecule has 1 fully saturated rings. The van der Waals surface area contributed by atoms with Gasteiger partial charge in [0.25, 0.3) is 0 Å². The summed E-state index contributed by atoms with van der Waals surface area (Å²) in [5.74, 6) is -1.42. The Morgan fingerprint density at radius 1 is 1.27 bits per heavy atom. The van der Waals surface area contributed by atoms with E-state index in [1.165, 1.54) is 12.3 Å². The monoisotopic (exact) mass is 430 g/mol. The zero-order chi connectivity index (χ0) is 22.6. The van der Waals surface area contributed by atoms with Crippen LogP contribution in [0, 0.1) is 17.6 Å². The number of benzene rings is 1. The molecule has 0 spiro atoms. The summed E-state index contributed by atoms with van der Waals surface area (Å²) in [4.78, 5) is 4.41. The lowest BCUT2D eigenvalue weighted by Crippen LogP contribution is -2.12. The highest BCUT2D eigenvalue weighted by Crippen LogP contribution is 2.40. The predicted molar refractivity (Wildman–Crippen MR) is 108 cm³/mol. The van der Waals surface area contributed by atoms with E-state index in [1.54, 1.807) is 26.8 Å². The fourth-order valence-electron chi connectivity index (χ4n) is 2.97. The van der Waals surface area contributed by atoms with E-state index in [0.29, 0.717) is 34.5 Å². The van der Waals surface area contributed by atoms with Gasteiger partial charge in [-0.05, 0) is 31.8 Å². The molecule has 1 aliphatic carbocycles. The Morgan fingerprint density at radius 2 is 1.87 bits per heavy atom. The number of nitrogens with zero attached hydrogens (tertiary/aromatic N) is 2. The van der Waals surface area contributed by atoms with Crippen LogP contribution in [0.4, 0.5) is 22.0 Å².